The zero-order valence-corrected chi connectivity index (χ0v) is 22.0. The molecule has 0 fully saturated rings. The molecule has 0 radical (unpaired) electrons. The van der Waals surface area contributed by atoms with Crippen LogP contribution in [0.1, 0.15) is 53.0 Å². The summed E-state index contributed by atoms with van der Waals surface area (Å²) in [5.41, 5.74) is 4.14. The van der Waals surface area contributed by atoms with Gasteiger partial charge in [0.1, 0.15) is 29.5 Å². The standard InChI is InChI=1S/C27H31NO7S/c1-6-32-26(31)34-22-15(2)16(3)23-20(17(22)4)11-12-27(5,35-23)14-33-19-9-7-18(8-10-19)13-21-24(29)28-25(30)36-21/h7-10,29H,6,11-14H2,1-5H3,(H,28,30). The summed E-state index contributed by atoms with van der Waals surface area (Å²) in [6.07, 6.45) is 1.27. The van der Waals surface area contributed by atoms with Crippen molar-refractivity contribution in [3.63, 3.8) is 0 Å². The molecular weight excluding hydrogens is 482 g/mol. The van der Waals surface area contributed by atoms with Crippen molar-refractivity contribution in [2.75, 3.05) is 13.2 Å². The molecule has 0 aliphatic carbocycles. The number of aromatic hydroxyl groups is 1. The predicted molar refractivity (Wildman–Crippen MR) is 137 cm³/mol. The number of benzene rings is 2. The third-order valence-corrected chi connectivity index (χ3v) is 7.42. The predicted octanol–water partition coefficient (Wildman–Crippen LogP) is 5.36. The van der Waals surface area contributed by atoms with Crippen molar-refractivity contribution in [1.29, 1.82) is 0 Å². The SMILES string of the molecule is CCOC(=O)Oc1c(C)c(C)c2c(c1C)CCC(C)(COc1ccc(Cc3sc(=O)[nH]c3O)cc1)O2. The Hall–Kier alpha value is -3.46. The van der Waals surface area contributed by atoms with Crippen molar-refractivity contribution >= 4 is 17.5 Å². The number of aromatic nitrogens is 1. The Balaban J connectivity index is 1.44. The number of ether oxygens (including phenoxy) is 4. The minimum atomic E-state index is -0.704. The largest absolute Gasteiger partial charge is 0.513 e. The van der Waals surface area contributed by atoms with Gasteiger partial charge in [0.25, 0.3) is 0 Å². The lowest BCUT2D eigenvalue weighted by Crippen LogP contribution is -2.42. The van der Waals surface area contributed by atoms with Gasteiger partial charge in [0.15, 0.2) is 0 Å². The first-order valence-electron chi connectivity index (χ1n) is 11.9. The Bertz CT molecular complexity index is 1330. The zero-order valence-electron chi connectivity index (χ0n) is 21.1. The highest BCUT2D eigenvalue weighted by molar-refractivity contribution is 7.09. The molecule has 8 nitrogen and oxygen atoms in total. The second-order valence-corrected chi connectivity index (χ2v) is 10.3. The second kappa shape index (κ2) is 10.3. The van der Waals surface area contributed by atoms with Gasteiger partial charge >= 0.3 is 11.0 Å². The lowest BCUT2D eigenvalue weighted by molar-refractivity contribution is 0.0166. The summed E-state index contributed by atoms with van der Waals surface area (Å²) >= 11 is 1.01. The number of rotatable bonds is 7. The molecule has 0 spiro atoms. The van der Waals surface area contributed by atoms with Crippen LogP contribution in [0.3, 0.4) is 0 Å². The lowest BCUT2D eigenvalue weighted by atomic mass is 9.87. The van der Waals surface area contributed by atoms with E-state index in [1.165, 1.54) is 0 Å². The van der Waals surface area contributed by atoms with E-state index in [0.29, 0.717) is 29.4 Å². The van der Waals surface area contributed by atoms with Crippen LogP contribution < -0.4 is 19.1 Å². The van der Waals surface area contributed by atoms with Crippen LogP contribution >= 0.6 is 11.3 Å². The Morgan fingerprint density at radius 3 is 2.53 bits per heavy atom. The highest BCUT2D eigenvalue weighted by atomic mass is 32.1. The van der Waals surface area contributed by atoms with E-state index in [1.54, 1.807) is 6.92 Å². The zero-order chi connectivity index (χ0) is 26.0. The number of H-pyrrole nitrogens is 1. The van der Waals surface area contributed by atoms with Gasteiger partial charge < -0.3 is 24.1 Å². The molecule has 1 aliphatic rings. The molecule has 4 rings (SSSR count). The van der Waals surface area contributed by atoms with E-state index in [0.717, 1.165) is 57.7 Å². The van der Waals surface area contributed by atoms with Crippen molar-refractivity contribution in [2.45, 2.75) is 59.5 Å². The van der Waals surface area contributed by atoms with Crippen LogP contribution in [0.5, 0.6) is 23.1 Å². The summed E-state index contributed by atoms with van der Waals surface area (Å²) in [6, 6.07) is 7.58. The van der Waals surface area contributed by atoms with Gasteiger partial charge in [0.05, 0.1) is 11.5 Å². The Kier molecular flexibility index (Phi) is 7.31. The number of carbonyl (C=O) groups excluding carboxylic acids is 1. The molecule has 1 atom stereocenters. The fraction of sp³-hybridized carbons (Fsp3) is 0.407. The van der Waals surface area contributed by atoms with E-state index in [4.69, 9.17) is 18.9 Å². The van der Waals surface area contributed by atoms with Gasteiger partial charge in [0.2, 0.25) is 5.88 Å². The maximum Gasteiger partial charge on any atom is 0.513 e. The number of hydrogen-bond acceptors (Lipinski definition) is 8. The second-order valence-electron chi connectivity index (χ2n) is 9.24. The first kappa shape index (κ1) is 25.6. The van der Waals surface area contributed by atoms with Gasteiger partial charge in [0, 0.05) is 12.0 Å². The first-order valence-corrected chi connectivity index (χ1v) is 12.7. The number of aromatic amines is 1. The van der Waals surface area contributed by atoms with Gasteiger partial charge in [-0.2, -0.15) is 0 Å². The molecule has 1 aliphatic heterocycles. The number of fused-ring (bicyclic) bond motifs is 1. The average molecular weight is 514 g/mol. The van der Waals surface area contributed by atoms with Crippen LogP contribution in [0, 0.1) is 20.8 Å². The average Bonchev–Trinajstić information content (AvgIpc) is 3.16. The molecule has 0 saturated carbocycles. The summed E-state index contributed by atoms with van der Waals surface area (Å²) < 4.78 is 23.0. The summed E-state index contributed by atoms with van der Waals surface area (Å²) in [5.74, 6) is 1.99. The Morgan fingerprint density at radius 1 is 1.17 bits per heavy atom. The van der Waals surface area contributed by atoms with Crippen molar-refractivity contribution in [3.05, 3.63) is 66.6 Å². The fourth-order valence-electron chi connectivity index (χ4n) is 4.36. The van der Waals surface area contributed by atoms with E-state index in [-0.39, 0.29) is 17.4 Å². The van der Waals surface area contributed by atoms with Gasteiger partial charge in [-0.25, -0.2) is 4.79 Å². The molecule has 0 amide bonds. The van der Waals surface area contributed by atoms with Gasteiger partial charge in [-0.1, -0.05) is 23.5 Å². The van der Waals surface area contributed by atoms with Crippen LogP contribution in [0.15, 0.2) is 29.1 Å². The van der Waals surface area contributed by atoms with E-state index in [9.17, 15) is 14.7 Å². The van der Waals surface area contributed by atoms with E-state index in [1.807, 2.05) is 52.0 Å². The highest BCUT2D eigenvalue weighted by Crippen LogP contribution is 2.44. The topological polar surface area (TPSA) is 107 Å². The third kappa shape index (κ3) is 5.36. The first-order chi connectivity index (χ1) is 17.1. The summed E-state index contributed by atoms with van der Waals surface area (Å²) in [4.78, 5) is 26.0. The number of hydrogen-bond donors (Lipinski definition) is 2. The fourth-order valence-corrected chi connectivity index (χ4v) is 5.12. The maximum absolute atomic E-state index is 11.9. The van der Waals surface area contributed by atoms with Crippen LogP contribution in [0.25, 0.3) is 0 Å². The molecular formula is C27H31NO7S. The lowest BCUT2D eigenvalue weighted by Gasteiger charge is -2.37. The van der Waals surface area contributed by atoms with E-state index >= 15 is 0 Å². The molecule has 0 bridgehead atoms. The Morgan fingerprint density at radius 2 is 1.89 bits per heavy atom. The molecule has 2 aromatic carbocycles. The van der Waals surface area contributed by atoms with Gasteiger partial charge in [-0.3, -0.25) is 9.78 Å². The van der Waals surface area contributed by atoms with Crippen LogP contribution in [-0.4, -0.2) is 35.1 Å². The van der Waals surface area contributed by atoms with Crippen molar-refractivity contribution in [2.24, 2.45) is 0 Å². The van der Waals surface area contributed by atoms with Crippen LogP contribution in [0.4, 0.5) is 4.79 Å². The molecule has 1 unspecified atom stereocenters. The van der Waals surface area contributed by atoms with E-state index in [2.05, 4.69) is 4.98 Å². The van der Waals surface area contributed by atoms with Crippen molar-refractivity contribution in [1.82, 2.24) is 4.98 Å². The maximum atomic E-state index is 11.9. The third-order valence-electron chi connectivity index (χ3n) is 6.54. The molecule has 36 heavy (non-hydrogen) atoms. The molecule has 192 valence electrons. The molecule has 2 heterocycles. The molecule has 1 aromatic heterocycles. The highest BCUT2D eigenvalue weighted by Gasteiger charge is 2.36. The smallest absolute Gasteiger partial charge is 0.494 e. The molecule has 3 aromatic rings. The molecule has 0 saturated heterocycles. The van der Waals surface area contributed by atoms with Crippen molar-refractivity contribution < 1.29 is 28.8 Å². The summed E-state index contributed by atoms with van der Waals surface area (Å²) in [6.45, 7) is 10.2. The minimum absolute atomic E-state index is 0.0756. The Labute approximate surface area is 213 Å². The van der Waals surface area contributed by atoms with Crippen molar-refractivity contribution in [3.8, 4) is 23.1 Å². The number of carbonyl (C=O) groups is 1. The number of thiazole rings is 1. The normalized spacial score (nSPS) is 16.7. The minimum Gasteiger partial charge on any atom is -0.494 e. The monoisotopic (exact) mass is 513 g/mol. The van der Waals surface area contributed by atoms with Crippen LogP contribution in [0.2, 0.25) is 0 Å². The molecule has 2 N–H and O–H groups in total. The molecule has 9 heteroatoms. The summed E-state index contributed by atoms with van der Waals surface area (Å²) in [7, 11) is 0. The van der Waals surface area contributed by atoms with Gasteiger partial charge in [-0.05, 0) is 81.8 Å². The number of nitrogens with one attached hydrogen (secondary N) is 1. The van der Waals surface area contributed by atoms with Gasteiger partial charge in [-0.15, -0.1) is 0 Å². The summed E-state index contributed by atoms with van der Waals surface area (Å²) in [5, 5.41) is 9.79. The van der Waals surface area contributed by atoms with Crippen LogP contribution in [-0.2, 0) is 17.6 Å². The quantitative estimate of drug-likeness (QED) is 0.324. The van der Waals surface area contributed by atoms with E-state index < -0.39 is 11.8 Å².